The van der Waals surface area contributed by atoms with Crippen LogP contribution in [-0.2, 0) is 16.5 Å². The fourth-order valence-electron chi connectivity index (χ4n) is 4.18. The van der Waals surface area contributed by atoms with Gasteiger partial charge in [-0.1, -0.05) is 42.5 Å². The highest BCUT2D eigenvalue weighted by molar-refractivity contribution is 5.34. The van der Waals surface area contributed by atoms with Gasteiger partial charge >= 0.3 is 6.18 Å². The number of hydrogen-bond acceptors (Lipinski definition) is 4. The fourth-order valence-corrected chi connectivity index (χ4v) is 4.18. The normalized spacial score (nSPS) is 16.1. The Morgan fingerprint density at radius 3 is 2.06 bits per heavy atom. The number of nitrogens with zero attached hydrogens (tertiary/aromatic N) is 1. The molecule has 0 N–H and O–H groups in total. The molecule has 4 nitrogen and oxygen atoms in total. The van der Waals surface area contributed by atoms with Crippen molar-refractivity contribution in [2.45, 2.75) is 24.2 Å². The van der Waals surface area contributed by atoms with Crippen molar-refractivity contribution in [2.24, 2.45) is 0 Å². The predicted octanol–water partition coefficient (Wildman–Crippen LogP) is 6.08. The number of likely N-dealkylation sites (N-methyl/N-ethyl adjacent to an activating group) is 1. The molecule has 1 unspecified atom stereocenters. The van der Waals surface area contributed by atoms with Gasteiger partial charge in [-0.15, -0.1) is 0 Å². The van der Waals surface area contributed by atoms with Gasteiger partial charge in [0.1, 0.15) is 17.6 Å². The second kappa shape index (κ2) is 10.1. The maximum absolute atomic E-state index is 12.9. The number of rotatable bonds is 9. The van der Waals surface area contributed by atoms with Crippen LogP contribution in [0.15, 0.2) is 78.9 Å². The summed E-state index contributed by atoms with van der Waals surface area (Å²) in [6, 6.07) is 22.6. The summed E-state index contributed by atoms with van der Waals surface area (Å²) >= 11 is 0. The molecule has 180 valence electrons. The predicted molar refractivity (Wildman–Crippen MR) is 124 cm³/mol. The third-order valence-electron chi connectivity index (χ3n) is 6.40. The van der Waals surface area contributed by atoms with Crippen LogP contribution in [-0.4, -0.2) is 38.8 Å². The van der Waals surface area contributed by atoms with Gasteiger partial charge in [-0.25, -0.2) is 0 Å². The van der Waals surface area contributed by atoms with Gasteiger partial charge in [0.05, 0.1) is 31.4 Å². The van der Waals surface area contributed by atoms with E-state index in [0.29, 0.717) is 31.9 Å². The van der Waals surface area contributed by atoms with Crippen LogP contribution in [0.2, 0.25) is 0 Å². The summed E-state index contributed by atoms with van der Waals surface area (Å²) in [7, 11) is 3.71. The van der Waals surface area contributed by atoms with Crippen molar-refractivity contribution in [1.29, 1.82) is 0 Å². The van der Waals surface area contributed by atoms with Crippen molar-refractivity contribution in [3.8, 4) is 11.5 Å². The van der Waals surface area contributed by atoms with Crippen molar-refractivity contribution in [3.63, 3.8) is 0 Å². The van der Waals surface area contributed by atoms with Crippen molar-refractivity contribution in [2.75, 3.05) is 33.9 Å². The van der Waals surface area contributed by atoms with E-state index >= 15 is 0 Å². The number of alkyl halides is 3. The first kappa shape index (κ1) is 24.1. The van der Waals surface area contributed by atoms with Crippen LogP contribution < -0.4 is 9.47 Å². The first-order chi connectivity index (χ1) is 16.3. The second-order valence-corrected chi connectivity index (χ2v) is 8.50. The lowest BCUT2D eigenvalue weighted by molar-refractivity contribution is -0.140. The average molecular weight is 472 g/mol. The van der Waals surface area contributed by atoms with Crippen LogP contribution in [0.1, 0.15) is 29.2 Å². The molecule has 0 bridgehead atoms. The summed E-state index contributed by atoms with van der Waals surface area (Å²) in [6.45, 7) is 1.88. The Morgan fingerprint density at radius 2 is 1.53 bits per heavy atom. The highest BCUT2D eigenvalue weighted by atomic mass is 19.4. The summed E-state index contributed by atoms with van der Waals surface area (Å²) < 4.78 is 55.8. The summed E-state index contributed by atoms with van der Waals surface area (Å²) in [6.07, 6.45) is -4.03. The highest BCUT2D eigenvalue weighted by Gasteiger charge is 2.44. The molecule has 3 aromatic carbocycles. The van der Waals surface area contributed by atoms with E-state index in [2.05, 4.69) is 24.1 Å². The number of hydrogen-bond donors (Lipinski definition) is 0. The second-order valence-electron chi connectivity index (χ2n) is 8.50. The number of benzene rings is 3. The van der Waals surface area contributed by atoms with Crippen LogP contribution in [0.5, 0.6) is 11.5 Å². The van der Waals surface area contributed by atoms with Gasteiger partial charge in [-0.3, -0.25) is 4.90 Å². The molecular formula is C27H28F3NO3. The van der Waals surface area contributed by atoms with Crippen LogP contribution >= 0.6 is 0 Å². The van der Waals surface area contributed by atoms with E-state index in [1.54, 1.807) is 7.11 Å². The highest BCUT2D eigenvalue weighted by Crippen LogP contribution is 2.37. The van der Waals surface area contributed by atoms with Crippen LogP contribution in [0.4, 0.5) is 13.2 Å². The maximum atomic E-state index is 12.9. The summed E-state index contributed by atoms with van der Waals surface area (Å²) in [5.74, 6) is 1.21. The molecule has 0 radical (unpaired) electrons. The molecule has 7 heteroatoms. The molecule has 0 saturated carbocycles. The van der Waals surface area contributed by atoms with Gasteiger partial charge in [0.2, 0.25) is 0 Å². The third kappa shape index (κ3) is 5.21. The molecule has 4 rings (SSSR count). The zero-order chi connectivity index (χ0) is 24.2. The zero-order valence-corrected chi connectivity index (χ0v) is 19.2. The lowest BCUT2D eigenvalue weighted by atomic mass is 9.86. The number of ether oxygens (including phenoxy) is 3. The molecule has 1 heterocycles. The van der Waals surface area contributed by atoms with Gasteiger partial charge < -0.3 is 14.2 Å². The fraction of sp³-hybridized carbons (Fsp3) is 0.333. The molecule has 1 aliphatic rings. The Morgan fingerprint density at radius 1 is 0.912 bits per heavy atom. The Labute approximate surface area is 197 Å². The van der Waals surface area contributed by atoms with Gasteiger partial charge in [-0.2, -0.15) is 13.2 Å². The molecule has 0 aliphatic carbocycles. The molecule has 0 aromatic heterocycles. The topological polar surface area (TPSA) is 30.9 Å². The minimum absolute atomic E-state index is 0.234. The summed E-state index contributed by atoms with van der Waals surface area (Å²) in [5.41, 5.74) is 1.20. The van der Waals surface area contributed by atoms with Crippen molar-refractivity contribution in [1.82, 2.24) is 4.90 Å². The summed E-state index contributed by atoms with van der Waals surface area (Å²) in [5, 5.41) is 0. The van der Waals surface area contributed by atoms with Crippen molar-refractivity contribution >= 4 is 0 Å². The molecule has 3 aromatic rings. The first-order valence-electron chi connectivity index (χ1n) is 11.1. The van der Waals surface area contributed by atoms with E-state index < -0.39 is 11.7 Å². The smallest absolute Gasteiger partial charge is 0.416 e. The lowest BCUT2D eigenvalue weighted by Gasteiger charge is -2.49. The zero-order valence-electron chi connectivity index (χ0n) is 19.2. The van der Waals surface area contributed by atoms with E-state index in [0.717, 1.165) is 29.0 Å². The van der Waals surface area contributed by atoms with E-state index in [1.807, 2.05) is 42.5 Å². The van der Waals surface area contributed by atoms with E-state index in [4.69, 9.17) is 14.2 Å². The standard InChI is InChI=1S/C27H28F3NO3/c1-31(26(18-33-19-26)21-8-12-23(32-2)13-9-21)17-16-25(20-6-4-3-5-7-20)34-24-14-10-22(11-15-24)27(28,29)30/h3-15,25H,16-19H2,1-2H3. The summed E-state index contributed by atoms with van der Waals surface area (Å²) in [4.78, 5) is 2.27. The molecule has 0 spiro atoms. The lowest BCUT2D eigenvalue weighted by Crippen LogP contribution is -2.58. The minimum atomic E-state index is -4.37. The Hall–Kier alpha value is -3.03. The Balaban J connectivity index is 1.49. The largest absolute Gasteiger partial charge is 0.497 e. The van der Waals surface area contributed by atoms with E-state index in [9.17, 15) is 13.2 Å². The molecular weight excluding hydrogens is 443 g/mol. The number of methoxy groups -OCH3 is 1. The minimum Gasteiger partial charge on any atom is -0.497 e. The van der Waals surface area contributed by atoms with Gasteiger partial charge in [-0.05, 0) is 54.6 Å². The first-order valence-corrected chi connectivity index (χ1v) is 11.1. The average Bonchev–Trinajstić information content (AvgIpc) is 2.82. The molecule has 1 fully saturated rings. The Bertz CT molecular complexity index is 1050. The third-order valence-corrected chi connectivity index (χ3v) is 6.40. The van der Waals surface area contributed by atoms with E-state index in [1.165, 1.54) is 12.1 Å². The molecule has 1 aliphatic heterocycles. The van der Waals surface area contributed by atoms with Crippen molar-refractivity contribution < 1.29 is 27.4 Å². The Kier molecular flexibility index (Phi) is 7.14. The number of halogens is 3. The van der Waals surface area contributed by atoms with Gasteiger partial charge in [0.15, 0.2) is 0 Å². The molecule has 1 atom stereocenters. The van der Waals surface area contributed by atoms with Crippen LogP contribution in [0.3, 0.4) is 0 Å². The van der Waals surface area contributed by atoms with Crippen LogP contribution in [0.25, 0.3) is 0 Å². The van der Waals surface area contributed by atoms with Gasteiger partial charge in [0, 0.05) is 13.0 Å². The molecule has 0 amide bonds. The van der Waals surface area contributed by atoms with E-state index in [-0.39, 0.29) is 11.6 Å². The maximum Gasteiger partial charge on any atom is 0.416 e. The van der Waals surface area contributed by atoms with Crippen molar-refractivity contribution in [3.05, 3.63) is 95.6 Å². The molecule has 34 heavy (non-hydrogen) atoms. The van der Waals surface area contributed by atoms with Crippen LogP contribution in [0, 0.1) is 0 Å². The monoisotopic (exact) mass is 471 g/mol. The quantitative estimate of drug-likeness (QED) is 0.378. The van der Waals surface area contributed by atoms with Gasteiger partial charge in [0.25, 0.3) is 0 Å². The molecule has 1 saturated heterocycles. The SMILES string of the molecule is COc1ccc(C2(N(C)CCC(Oc3ccc(C(F)(F)F)cc3)c3ccccc3)COC2)cc1.